The van der Waals surface area contributed by atoms with Gasteiger partial charge in [0.2, 0.25) is 0 Å². The molecule has 4 rings (SSSR count). The van der Waals surface area contributed by atoms with E-state index in [1.54, 1.807) is 17.1 Å². The van der Waals surface area contributed by atoms with Crippen LogP contribution in [0.25, 0.3) is 0 Å². The van der Waals surface area contributed by atoms with Crippen molar-refractivity contribution >= 4 is 18.2 Å². The largest absolute Gasteiger partial charge is 0.487 e. The first-order chi connectivity index (χ1) is 13.2. The van der Waals surface area contributed by atoms with E-state index in [-0.39, 0.29) is 24.3 Å². The van der Waals surface area contributed by atoms with Crippen molar-refractivity contribution in [2.24, 2.45) is 10.8 Å². The minimum absolute atomic E-state index is 0. The Bertz CT molecular complexity index is 823. The molecule has 0 saturated carbocycles. The highest BCUT2D eigenvalue weighted by molar-refractivity contribution is 5.99. The highest BCUT2D eigenvalue weighted by Crippen LogP contribution is 2.24. The molecule has 0 amide bonds. The number of rotatable bonds is 5. The number of hydrogen-bond donors (Lipinski definition) is 1. The maximum Gasteiger partial charge on any atom is 0.165 e. The monoisotopic (exact) mass is 405 g/mol. The second kappa shape index (κ2) is 9.37. The van der Waals surface area contributed by atoms with E-state index in [1.807, 2.05) is 30.3 Å². The average Bonchev–Trinajstić information content (AvgIpc) is 3.11. The Morgan fingerprint density at radius 3 is 2.46 bits per heavy atom. The zero-order valence-corrected chi connectivity index (χ0v) is 16.5. The van der Waals surface area contributed by atoms with Crippen LogP contribution < -0.4 is 10.6 Å². The van der Waals surface area contributed by atoms with E-state index in [1.165, 1.54) is 0 Å². The van der Waals surface area contributed by atoms with E-state index in [2.05, 4.69) is 4.99 Å². The molecule has 0 aliphatic carbocycles. The third-order valence-electron chi connectivity index (χ3n) is 4.95. The molecule has 2 aromatic carbocycles. The smallest absolute Gasteiger partial charge is 0.165 e. The van der Waals surface area contributed by atoms with Gasteiger partial charge in [-0.05, 0) is 29.7 Å². The molecule has 2 heterocycles. The van der Waals surface area contributed by atoms with Crippen LogP contribution in [0.3, 0.4) is 0 Å². The van der Waals surface area contributed by atoms with E-state index in [0.717, 1.165) is 48.5 Å². The Morgan fingerprint density at radius 1 is 1.11 bits per heavy atom. The summed E-state index contributed by atoms with van der Waals surface area (Å²) in [7, 11) is 0. The summed E-state index contributed by atoms with van der Waals surface area (Å²) in [4.78, 5) is 4.42. The number of hydrogen-bond acceptors (Lipinski definition) is 5. The number of hydrazine groups is 1. The van der Waals surface area contributed by atoms with Gasteiger partial charge in [-0.15, -0.1) is 12.4 Å². The molecule has 0 atom stereocenters. The lowest BCUT2D eigenvalue weighted by Crippen LogP contribution is -2.34. The van der Waals surface area contributed by atoms with Crippen LogP contribution in [-0.2, 0) is 11.2 Å². The van der Waals surface area contributed by atoms with Gasteiger partial charge in [0.25, 0.3) is 0 Å². The number of nitrogens with two attached hydrogens (primary N) is 1. The van der Waals surface area contributed by atoms with Crippen molar-refractivity contribution in [1.29, 1.82) is 0 Å². The molecule has 5 nitrogen and oxygen atoms in total. The molecule has 2 aromatic rings. The van der Waals surface area contributed by atoms with Gasteiger partial charge in [-0.2, -0.15) is 0 Å². The van der Waals surface area contributed by atoms with Gasteiger partial charge in [-0.25, -0.2) is 10.2 Å². The number of amidine groups is 1. The van der Waals surface area contributed by atoms with Crippen LogP contribution in [0.4, 0.5) is 4.39 Å². The van der Waals surface area contributed by atoms with Gasteiger partial charge >= 0.3 is 0 Å². The summed E-state index contributed by atoms with van der Waals surface area (Å²) in [5, 5.41) is 1.67. The molecular formula is C21H25ClFN3O2. The summed E-state index contributed by atoms with van der Waals surface area (Å²) in [5.74, 6) is 6.75. The molecule has 0 radical (unpaired) electrons. The van der Waals surface area contributed by atoms with E-state index in [4.69, 9.17) is 15.3 Å². The summed E-state index contributed by atoms with van der Waals surface area (Å²) in [6.07, 6.45) is 2.30. The second-order valence-electron chi connectivity index (χ2n) is 6.97. The van der Waals surface area contributed by atoms with Crippen molar-refractivity contribution in [3.63, 3.8) is 0 Å². The number of ether oxygens (including phenoxy) is 2. The van der Waals surface area contributed by atoms with Crippen molar-refractivity contribution in [2.75, 3.05) is 26.3 Å². The average molecular weight is 406 g/mol. The molecule has 2 N–H and O–H groups in total. The van der Waals surface area contributed by atoms with Gasteiger partial charge in [0.1, 0.15) is 11.9 Å². The molecule has 0 unspecified atom stereocenters. The number of nitrogens with zero attached hydrogens (tertiary/aromatic N) is 2. The van der Waals surface area contributed by atoms with Gasteiger partial charge in [0, 0.05) is 18.4 Å². The van der Waals surface area contributed by atoms with Crippen LogP contribution >= 0.6 is 12.4 Å². The number of benzene rings is 2. The molecule has 0 spiro atoms. The summed E-state index contributed by atoms with van der Waals surface area (Å²) in [6, 6.07) is 13.3. The number of halogens is 2. The normalized spacial score (nSPS) is 17.2. The van der Waals surface area contributed by atoms with Crippen molar-refractivity contribution in [2.45, 2.75) is 25.4 Å². The van der Waals surface area contributed by atoms with Crippen LogP contribution in [-0.4, -0.2) is 43.3 Å². The Kier molecular flexibility index (Phi) is 6.88. The molecule has 1 saturated heterocycles. The molecule has 2 aliphatic heterocycles. The minimum atomic E-state index is -0.310. The predicted octanol–water partition coefficient (Wildman–Crippen LogP) is 3.33. The maximum absolute atomic E-state index is 14.4. The summed E-state index contributed by atoms with van der Waals surface area (Å²) >= 11 is 0. The van der Waals surface area contributed by atoms with E-state index < -0.39 is 0 Å². The van der Waals surface area contributed by atoms with Gasteiger partial charge in [-0.1, -0.05) is 30.3 Å². The van der Waals surface area contributed by atoms with Crippen LogP contribution in [0.2, 0.25) is 0 Å². The van der Waals surface area contributed by atoms with E-state index in [0.29, 0.717) is 25.4 Å². The first-order valence-electron chi connectivity index (χ1n) is 9.38. The quantitative estimate of drug-likeness (QED) is 0.775. The van der Waals surface area contributed by atoms with Crippen molar-refractivity contribution < 1.29 is 13.9 Å². The van der Waals surface area contributed by atoms with Gasteiger partial charge in [0.05, 0.1) is 26.3 Å². The molecule has 0 bridgehead atoms. The predicted molar refractivity (Wildman–Crippen MR) is 110 cm³/mol. The van der Waals surface area contributed by atoms with Crippen LogP contribution in [0.15, 0.2) is 47.5 Å². The van der Waals surface area contributed by atoms with Gasteiger partial charge in [0.15, 0.2) is 11.6 Å². The maximum atomic E-state index is 14.4. The lowest BCUT2D eigenvalue weighted by Gasteiger charge is -2.23. The zero-order chi connectivity index (χ0) is 18.6. The fraction of sp³-hybridized carbons (Fsp3) is 0.381. The molecule has 1 fully saturated rings. The molecule has 28 heavy (non-hydrogen) atoms. The molecule has 2 aliphatic rings. The fourth-order valence-corrected chi connectivity index (χ4v) is 3.45. The third kappa shape index (κ3) is 4.82. The first kappa shape index (κ1) is 20.6. The zero-order valence-electron chi connectivity index (χ0n) is 15.6. The van der Waals surface area contributed by atoms with Gasteiger partial charge < -0.3 is 9.47 Å². The lowest BCUT2D eigenvalue weighted by molar-refractivity contribution is 0.0240. The molecule has 0 aromatic heterocycles. The summed E-state index contributed by atoms with van der Waals surface area (Å²) in [5.41, 5.74) is 3.03. The Balaban J connectivity index is 0.00000225. The SMILES string of the molecule is Cl.NN1CCN=C1c1ccc(Cc2ccc(OC3CCOCC3)c(F)c2)cc1. The summed E-state index contributed by atoms with van der Waals surface area (Å²) < 4.78 is 25.5. The van der Waals surface area contributed by atoms with E-state index in [9.17, 15) is 4.39 Å². The van der Waals surface area contributed by atoms with Crippen molar-refractivity contribution in [3.8, 4) is 5.75 Å². The highest BCUT2D eigenvalue weighted by atomic mass is 35.5. The highest BCUT2D eigenvalue weighted by Gasteiger charge is 2.18. The lowest BCUT2D eigenvalue weighted by atomic mass is 10.0. The molecular weight excluding hydrogens is 381 g/mol. The molecule has 150 valence electrons. The van der Waals surface area contributed by atoms with Crippen LogP contribution in [0.5, 0.6) is 5.75 Å². The Labute approximate surface area is 170 Å². The topological polar surface area (TPSA) is 60.1 Å². The standard InChI is InChI=1S/C21H24FN3O2.ClH/c22-19-14-16(3-6-20(19)27-18-7-11-26-12-8-18)13-15-1-4-17(5-2-15)21-24-9-10-25(21)23;/h1-6,14,18H,7-13,23H2;1H. The van der Waals surface area contributed by atoms with Crippen molar-refractivity contribution in [3.05, 3.63) is 65.0 Å². The van der Waals surface area contributed by atoms with E-state index >= 15 is 0 Å². The summed E-state index contributed by atoms with van der Waals surface area (Å²) in [6.45, 7) is 2.83. The van der Waals surface area contributed by atoms with Crippen molar-refractivity contribution in [1.82, 2.24) is 5.01 Å². The minimum Gasteiger partial charge on any atom is -0.487 e. The van der Waals surface area contributed by atoms with Crippen LogP contribution in [0, 0.1) is 5.82 Å². The number of aliphatic imine (C=N–C) groups is 1. The molecule has 7 heteroatoms. The Hall–Kier alpha value is -2.15. The third-order valence-corrected chi connectivity index (χ3v) is 4.95. The fourth-order valence-electron chi connectivity index (χ4n) is 3.45. The first-order valence-corrected chi connectivity index (χ1v) is 9.38. The van der Waals surface area contributed by atoms with Gasteiger partial charge in [-0.3, -0.25) is 10.0 Å². The second-order valence-corrected chi connectivity index (χ2v) is 6.97. The van der Waals surface area contributed by atoms with Crippen LogP contribution in [0.1, 0.15) is 29.5 Å². The Morgan fingerprint density at radius 2 is 1.82 bits per heavy atom.